The number of nitrogens with one attached hydrogen (secondary N) is 1. The predicted octanol–water partition coefficient (Wildman–Crippen LogP) is 4.78. The van der Waals surface area contributed by atoms with Crippen LogP contribution in [-0.4, -0.2) is 22.8 Å². The lowest BCUT2D eigenvalue weighted by atomic mass is 10.1. The average Bonchev–Trinajstić information content (AvgIpc) is 2.96. The summed E-state index contributed by atoms with van der Waals surface area (Å²) in [5, 5.41) is 8.29. The normalized spacial score (nSPS) is 10.7. The van der Waals surface area contributed by atoms with Gasteiger partial charge < -0.3 is 10.1 Å². The van der Waals surface area contributed by atoms with Gasteiger partial charge in [-0.2, -0.15) is 5.10 Å². The second-order valence-corrected chi connectivity index (χ2v) is 7.10. The van der Waals surface area contributed by atoms with E-state index in [0.29, 0.717) is 24.4 Å². The van der Waals surface area contributed by atoms with Crippen LogP contribution in [0.25, 0.3) is 0 Å². The van der Waals surface area contributed by atoms with Gasteiger partial charge in [0.2, 0.25) is 5.91 Å². The van der Waals surface area contributed by atoms with Crippen molar-refractivity contribution in [1.29, 1.82) is 0 Å². The molecule has 6 heteroatoms. The highest BCUT2D eigenvalue weighted by molar-refractivity contribution is 6.31. The number of anilines is 1. The highest BCUT2D eigenvalue weighted by atomic mass is 35.5. The standard InChI is InChI=1S/C22H24ClN3O2/c1-15-22(16(2)26(25-15)14-18-6-4-5-7-20(18)23)24-21(27)13-10-17-8-11-19(28-3)12-9-17/h4-9,11-12H,10,13-14H2,1-3H3,(H,24,27). The van der Waals surface area contributed by atoms with Crippen LogP contribution in [0.2, 0.25) is 5.02 Å². The molecule has 0 unspecified atom stereocenters. The minimum absolute atomic E-state index is 0.0284. The van der Waals surface area contributed by atoms with Crippen molar-refractivity contribution in [1.82, 2.24) is 9.78 Å². The molecule has 1 N–H and O–H groups in total. The third-order valence-electron chi connectivity index (χ3n) is 4.72. The Kier molecular flexibility index (Phi) is 6.37. The van der Waals surface area contributed by atoms with Crippen LogP contribution in [0.3, 0.4) is 0 Å². The van der Waals surface area contributed by atoms with Crippen LogP contribution in [-0.2, 0) is 17.8 Å². The van der Waals surface area contributed by atoms with Crippen molar-refractivity contribution in [2.75, 3.05) is 12.4 Å². The smallest absolute Gasteiger partial charge is 0.224 e. The maximum atomic E-state index is 12.4. The summed E-state index contributed by atoms with van der Waals surface area (Å²) in [6.07, 6.45) is 1.07. The molecule has 0 spiro atoms. The molecule has 1 amide bonds. The SMILES string of the molecule is COc1ccc(CCC(=O)Nc2c(C)nn(Cc3ccccc3Cl)c2C)cc1. The van der Waals surface area contributed by atoms with Crippen LogP contribution in [0.5, 0.6) is 5.75 Å². The number of halogens is 1. The lowest BCUT2D eigenvalue weighted by Crippen LogP contribution is -2.14. The molecule has 1 aromatic heterocycles. The minimum Gasteiger partial charge on any atom is -0.497 e. The predicted molar refractivity (Wildman–Crippen MR) is 112 cm³/mol. The van der Waals surface area contributed by atoms with Gasteiger partial charge in [-0.25, -0.2) is 0 Å². The fourth-order valence-electron chi connectivity index (χ4n) is 3.07. The molecule has 0 fully saturated rings. The van der Waals surface area contributed by atoms with E-state index in [1.807, 2.05) is 67.1 Å². The van der Waals surface area contributed by atoms with Crippen LogP contribution in [0, 0.1) is 13.8 Å². The van der Waals surface area contributed by atoms with Crippen molar-refractivity contribution >= 4 is 23.2 Å². The lowest BCUT2D eigenvalue weighted by molar-refractivity contribution is -0.116. The second-order valence-electron chi connectivity index (χ2n) is 6.69. The molecule has 0 saturated carbocycles. The number of carbonyl (C=O) groups excluding carboxylic acids is 1. The van der Waals surface area contributed by atoms with E-state index in [0.717, 1.165) is 34.0 Å². The van der Waals surface area contributed by atoms with Gasteiger partial charge in [0, 0.05) is 11.4 Å². The molecule has 0 aliphatic rings. The summed E-state index contributed by atoms with van der Waals surface area (Å²) < 4.78 is 7.03. The average molecular weight is 398 g/mol. The highest BCUT2D eigenvalue weighted by Gasteiger charge is 2.15. The van der Waals surface area contributed by atoms with Gasteiger partial charge in [-0.05, 0) is 49.6 Å². The van der Waals surface area contributed by atoms with E-state index in [-0.39, 0.29) is 5.91 Å². The number of methoxy groups -OCH3 is 1. The molecular formula is C22H24ClN3O2. The van der Waals surface area contributed by atoms with E-state index in [9.17, 15) is 4.79 Å². The fraction of sp³-hybridized carbons (Fsp3) is 0.273. The van der Waals surface area contributed by atoms with E-state index < -0.39 is 0 Å². The molecule has 2 aromatic carbocycles. The Bertz CT molecular complexity index is 964. The van der Waals surface area contributed by atoms with Crippen molar-refractivity contribution in [2.45, 2.75) is 33.2 Å². The van der Waals surface area contributed by atoms with E-state index in [1.54, 1.807) is 7.11 Å². The summed E-state index contributed by atoms with van der Waals surface area (Å²) in [5.74, 6) is 0.782. The summed E-state index contributed by atoms with van der Waals surface area (Å²) in [4.78, 5) is 12.4. The number of aryl methyl sites for hydroxylation is 2. The molecule has 0 bridgehead atoms. The molecule has 0 aliphatic heterocycles. The van der Waals surface area contributed by atoms with Crippen molar-refractivity contribution < 1.29 is 9.53 Å². The first-order valence-corrected chi connectivity index (χ1v) is 9.56. The number of aromatic nitrogens is 2. The molecular weight excluding hydrogens is 374 g/mol. The van der Waals surface area contributed by atoms with Gasteiger partial charge in [0.1, 0.15) is 5.75 Å². The van der Waals surface area contributed by atoms with Crippen LogP contribution in [0.4, 0.5) is 5.69 Å². The van der Waals surface area contributed by atoms with Gasteiger partial charge >= 0.3 is 0 Å². The maximum Gasteiger partial charge on any atom is 0.224 e. The van der Waals surface area contributed by atoms with E-state index >= 15 is 0 Å². The summed E-state index contributed by atoms with van der Waals surface area (Å²) in [6, 6.07) is 15.5. The summed E-state index contributed by atoms with van der Waals surface area (Å²) >= 11 is 6.26. The number of hydrogen-bond acceptors (Lipinski definition) is 3. The Labute approximate surface area is 170 Å². The number of nitrogens with zero attached hydrogens (tertiary/aromatic N) is 2. The third kappa shape index (κ3) is 4.73. The Balaban J connectivity index is 1.64. The Morgan fingerprint density at radius 3 is 2.54 bits per heavy atom. The first-order chi connectivity index (χ1) is 13.5. The largest absolute Gasteiger partial charge is 0.497 e. The van der Waals surface area contributed by atoms with Crippen molar-refractivity contribution in [3.05, 3.63) is 76.1 Å². The molecule has 146 valence electrons. The second kappa shape index (κ2) is 8.93. The molecule has 28 heavy (non-hydrogen) atoms. The van der Waals surface area contributed by atoms with E-state index in [1.165, 1.54) is 0 Å². The molecule has 0 atom stereocenters. The first kappa shape index (κ1) is 20.0. The molecule has 0 aliphatic carbocycles. The number of amides is 1. The third-order valence-corrected chi connectivity index (χ3v) is 5.09. The van der Waals surface area contributed by atoms with Crippen LogP contribution in [0.1, 0.15) is 28.9 Å². The van der Waals surface area contributed by atoms with Crippen LogP contribution < -0.4 is 10.1 Å². The maximum absolute atomic E-state index is 12.4. The molecule has 0 saturated heterocycles. The minimum atomic E-state index is -0.0284. The highest BCUT2D eigenvalue weighted by Crippen LogP contribution is 2.23. The topological polar surface area (TPSA) is 56.1 Å². The zero-order chi connectivity index (χ0) is 20.1. The van der Waals surface area contributed by atoms with Gasteiger partial charge in [0.15, 0.2) is 0 Å². The quantitative estimate of drug-likeness (QED) is 0.624. The van der Waals surface area contributed by atoms with Gasteiger partial charge in [0.25, 0.3) is 0 Å². The first-order valence-electron chi connectivity index (χ1n) is 9.18. The molecule has 5 nitrogen and oxygen atoms in total. The lowest BCUT2D eigenvalue weighted by Gasteiger charge is -2.08. The number of rotatable bonds is 7. The number of ether oxygens (including phenoxy) is 1. The summed E-state index contributed by atoms with van der Waals surface area (Å²) in [5.41, 5.74) is 4.57. The monoisotopic (exact) mass is 397 g/mol. The van der Waals surface area contributed by atoms with Crippen LogP contribution >= 0.6 is 11.6 Å². The number of carbonyl (C=O) groups is 1. The van der Waals surface area contributed by atoms with Crippen LogP contribution in [0.15, 0.2) is 48.5 Å². The van der Waals surface area contributed by atoms with Crippen molar-refractivity contribution in [3.63, 3.8) is 0 Å². The fourth-order valence-corrected chi connectivity index (χ4v) is 3.27. The Morgan fingerprint density at radius 1 is 1.14 bits per heavy atom. The van der Waals surface area contributed by atoms with Crippen molar-refractivity contribution in [3.8, 4) is 5.75 Å². The van der Waals surface area contributed by atoms with Crippen molar-refractivity contribution in [2.24, 2.45) is 0 Å². The van der Waals surface area contributed by atoms with Gasteiger partial charge in [0.05, 0.1) is 30.7 Å². The molecule has 3 aromatic rings. The zero-order valence-electron chi connectivity index (χ0n) is 16.3. The van der Waals surface area contributed by atoms with Gasteiger partial charge in [-0.3, -0.25) is 9.48 Å². The molecule has 3 rings (SSSR count). The Morgan fingerprint density at radius 2 is 1.86 bits per heavy atom. The Hall–Kier alpha value is -2.79. The summed E-state index contributed by atoms with van der Waals surface area (Å²) in [7, 11) is 1.64. The zero-order valence-corrected chi connectivity index (χ0v) is 17.1. The molecule has 1 heterocycles. The summed E-state index contributed by atoms with van der Waals surface area (Å²) in [6.45, 7) is 4.42. The van der Waals surface area contributed by atoms with E-state index in [4.69, 9.17) is 16.3 Å². The van der Waals surface area contributed by atoms with E-state index in [2.05, 4.69) is 10.4 Å². The van der Waals surface area contributed by atoms with Gasteiger partial charge in [-0.1, -0.05) is 41.9 Å². The van der Waals surface area contributed by atoms with Gasteiger partial charge in [-0.15, -0.1) is 0 Å². The number of benzene rings is 2. The number of hydrogen-bond donors (Lipinski definition) is 1. The molecule has 0 radical (unpaired) electrons.